The number of ether oxygens (including phenoxy) is 1. The standard InChI is InChI=1S/C20H22N2O3/c1-3-25-17-10-8-15(9-11-17)13-21-20(24)19-12-16-6-4-5-7-18(16)22(19)14(2)23/h4-11,19H,3,12-13H2,1-2H3,(H,21,24). The van der Waals surface area contributed by atoms with Crippen molar-refractivity contribution in [3.05, 3.63) is 59.7 Å². The number of nitrogens with one attached hydrogen (secondary N) is 1. The molecular formula is C20H22N2O3. The Morgan fingerprint density at radius 3 is 2.56 bits per heavy atom. The number of nitrogens with zero attached hydrogens (tertiary/aromatic N) is 1. The van der Waals surface area contributed by atoms with Crippen LogP contribution in [0.15, 0.2) is 48.5 Å². The van der Waals surface area contributed by atoms with E-state index in [0.717, 1.165) is 22.6 Å². The number of benzene rings is 2. The van der Waals surface area contributed by atoms with Gasteiger partial charge in [0.05, 0.1) is 6.61 Å². The minimum absolute atomic E-state index is 0.119. The Hall–Kier alpha value is -2.82. The number of para-hydroxylation sites is 1. The van der Waals surface area contributed by atoms with Crippen molar-refractivity contribution in [3.8, 4) is 5.75 Å². The molecule has 0 fully saturated rings. The van der Waals surface area contributed by atoms with Crippen LogP contribution >= 0.6 is 0 Å². The third-order valence-corrected chi connectivity index (χ3v) is 4.32. The fraction of sp³-hybridized carbons (Fsp3) is 0.300. The van der Waals surface area contributed by atoms with Gasteiger partial charge in [-0.05, 0) is 36.2 Å². The topological polar surface area (TPSA) is 58.6 Å². The van der Waals surface area contributed by atoms with Crippen LogP contribution in [0.25, 0.3) is 0 Å². The molecule has 5 nitrogen and oxygen atoms in total. The van der Waals surface area contributed by atoms with E-state index in [-0.39, 0.29) is 11.8 Å². The second-order valence-electron chi connectivity index (χ2n) is 6.03. The molecule has 0 spiro atoms. The van der Waals surface area contributed by atoms with E-state index in [9.17, 15) is 9.59 Å². The molecule has 5 heteroatoms. The summed E-state index contributed by atoms with van der Waals surface area (Å²) in [5.74, 6) is 0.554. The molecule has 1 aliphatic rings. The highest BCUT2D eigenvalue weighted by Crippen LogP contribution is 2.32. The van der Waals surface area contributed by atoms with Gasteiger partial charge in [-0.2, -0.15) is 0 Å². The lowest BCUT2D eigenvalue weighted by atomic mass is 10.1. The van der Waals surface area contributed by atoms with Gasteiger partial charge in [-0.25, -0.2) is 0 Å². The third kappa shape index (κ3) is 3.65. The maximum atomic E-state index is 12.6. The Balaban J connectivity index is 1.66. The van der Waals surface area contributed by atoms with Gasteiger partial charge in [0.1, 0.15) is 11.8 Å². The van der Waals surface area contributed by atoms with Gasteiger partial charge in [0.25, 0.3) is 0 Å². The Labute approximate surface area is 147 Å². The first kappa shape index (κ1) is 17.0. The number of hydrogen-bond acceptors (Lipinski definition) is 3. The number of fused-ring (bicyclic) bond motifs is 1. The molecule has 1 aliphatic heterocycles. The van der Waals surface area contributed by atoms with Crippen LogP contribution in [-0.4, -0.2) is 24.5 Å². The van der Waals surface area contributed by atoms with E-state index in [1.807, 2.05) is 55.5 Å². The van der Waals surface area contributed by atoms with E-state index in [1.165, 1.54) is 6.92 Å². The first-order valence-corrected chi connectivity index (χ1v) is 8.47. The van der Waals surface area contributed by atoms with Crippen LogP contribution in [0.1, 0.15) is 25.0 Å². The molecule has 1 unspecified atom stereocenters. The van der Waals surface area contributed by atoms with Crippen LogP contribution < -0.4 is 15.0 Å². The normalized spacial score (nSPS) is 15.6. The maximum absolute atomic E-state index is 12.6. The van der Waals surface area contributed by atoms with E-state index in [2.05, 4.69) is 5.32 Å². The fourth-order valence-corrected chi connectivity index (χ4v) is 3.16. The van der Waals surface area contributed by atoms with Crippen molar-refractivity contribution in [1.82, 2.24) is 5.32 Å². The van der Waals surface area contributed by atoms with Crippen molar-refractivity contribution in [1.29, 1.82) is 0 Å². The zero-order valence-electron chi connectivity index (χ0n) is 14.5. The molecule has 1 heterocycles. The van der Waals surface area contributed by atoms with Gasteiger partial charge in [-0.3, -0.25) is 14.5 Å². The van der Waals surface area contributed by atoms with E-state index in [4.69, 9.17) is 4.74 Å². The van der Waals surface area contributed by atoms with Crippen molar-refractivity contribution in [2.75, 3.05) is 11.5 Å². The molecule has 0 bridgehead atoms. The minimum atomic E-state index is -0.488. The molecule has 2 amide bonds. The predicted octanol–water partition coefficient (Wildman–Crippen LogP) is 2.68. The van der Waals surface area contributed by atoms with Gasteiger partial charge in [0.15, 0.2) is 0 Å². The lowest BCUT2D eigenvalue weighted by Gasteiger charge is -2.23. The van der Waals surface area contributed by atoms with Gasteiger partial charge in [0, 0.05) is 25.6 Å². The van der Waals surface area contributed by atoms with Crippen LogP contribution in [0, 0.1) is 0 Å². The molecule has 0 saturated heterocycles. The Morgan fingerprint density at radius 1 is 1.16 bits per heavy atom. The number of anilines is 1. The molecule has 130 valence electrons. The van der Waals surface area contributed by atoms with E-state index in [0.29, 0.717) is 19.6 Å². The molecule has 1 N–H and O–H groups in total. The van der Waals surface area contributed by atoms with Gasteiger partial charge in [0.2, 0.25) is 11.8 Å². The van der Waals surface area contributed by atoms with Gasteiger partial charge >= 0.3 is 0 Å². The number of hydrogen-bond donors (Lipinski definition) is 1. The number of rotatable bonds is 5. The van der Waals surface area contributed by atoms with Crippen LogP contribution in [0.3, 0.4) is 0 Å². The molecule has 0 saturated carbocycles. The number of amides is 2. The molecule has 0 aromatic heterocycles. The quantitative estimate of drug-likeness (QED) is 0.912. The van der Waals surface area contributed by atoms with Crippen molar-refractivity contribution in [2.24, 2.45) is 0 Å². The zero-order chi connectivity index (χ0) is 17.8. The van der Waals surface area contributed by atoms with E-state index < -0.39 is 6.04 Å². The summed E-state index contributed by atoms with van der Waals surface area (Å²) in [7, 11) is 0. The fourth-order valence-electron chi connectivity index (χ4n) is 3.16. The van der Waals surface area contributed by atoms with Crippen molar-refractivity contribution in [2.45, 2.75) is 32.9 Å². The molecular weight excluding hydrogens is 316 g/mol. The lowest BCUT2D eigenvalue weighted by Crippen LogP contribution is -2.47. The van der Waals surface area contributed by atoms with E-state index in [1.54, 1.807) is 4.90 Å². The average Bonchev–Trinajstić information content (AvgIpc) is 3.01. The summed E-state index contributed by atoms with van der Waals surface area (Å²) >= 11 is 0. The zero-order valence-corrected chi connectivity index (χ0v) is 14.5. The average molecular weight is 338 g/mol. The largest absolute Gasteiger partial charge is 0.494 e. The van der Waals surface area contributed by atoms with Gasteiger partial charge < -0.3 is 10.1 Å². The summed E-state index contributed by atoms with van der Waals surface area (Å²) in [5, 5.41) is 2.94. The number of carbonyl (C=O) groups is 2. The SMILES string of the molecule is CCOc1ccc(CNC(=O)C2Cc3ccccc3N2C(C)=O)cc1. The first-order chi connectivity index (χ1) is 12.1. The molecule has 1 atom stereocenters. The Bertz CT molecular complexity index is 771. The van der Waals surface area contributed by atoms with Crippen molar-refractivity contribution in [3.63, 3.8) is 0 Å². The molecule has 0 aliphatic carbocycles. The molecule has 0 radical (unpaired) electrons. The van der Waals surface area contributed by atoms with Crippen LogP contribution in [0.5, 0.6) is 5.75 Å². The van der Waals surface area contributed by atoms with E-state index >= 15 is 0 Å². The lowest BCUT2D eigenvalue weighted by molar-refractivity contribution is -0.125. The van der Waals surface area contributed by atoms with Crippen molar-refractivity contribution < 1.29 is 14.3 Å². The second kappa shape index (κ2) is 7.38. The highest BCUT2D eigenvalue weighted by atomic mass is 16.5. The second-order valence-corrected chi connectivity index (χ2v) is 6.03. The summed E-state index contributed by atoms with van der Waals surface area (Å²) in [5.41, 5.74) is 2.84. The molecule has 2 aromatic carbocycles. The minimum Gasteiger partial charge on any atom is -0.494 e. The Morgan fingerprint density at radius 2 is 1.88 bits per heavy atom. The predicted molar refractivity (Wildman–Crippen MR) is 96.6 cm³/mol. The smallest absolute Gasteiger partial charge is 0.243 e. The number of carbonyl (C=O) groups excluding carboxylic acids is 2. The molecule has 2 aromatic rings. The highest BCUT2D eigenvalue weighted by molar-refractivity contribution is 6.02. The Kier molecular flexibility index (Phi) is 5.03. The monoisotopic (exact) mass is 338 g/mol. The highest BCUT2D eigenvalue weighted by Gasteiger charge is 2.36. The summed E-state index contributed by atoms with van der Waals surface area (Å²) < 4.78 is 5.41. The first-order valence-electron chi connectivity index (χ1n) is 8.47. The molecule has 3 rings (SSSR count). The summed E-state index contributed by atoms with van der Waals surface area (Å²) in [4.78, 5) is 26.3. The summed E-state index contributed by atoms with van der Waals surface area (Å²) in [6, 6.07) is 14.8. The summed E-state index contributed by atoms with van der Waals surface area (Å²) in [6.07, 6.45) is 0.546. The van der Waals surface area contributed by atoms with Crippen LogP contribution in [0.2, 0.25) is 0 Å². The van der Waals surface area contributed by atoms with Crippen LogP contribution in [-0.2, 0) is 22.6 Å². The van der Waals surface area contributed by atoms with Crippen LogP contribution in [0.4, 0.5) is 5.69 Å². The molecule has 25 heavy (non-hydrogen) atoms. The maximum Gasteiger partial charge on any atom is 0.243 e. The van der Waals surface area contributed by atoms with Gasteiger partial charge in [-0.15, -0.1) is 0 Å². The summed E-state index contributed by atoms with van der Waals surface area (Å²) in [6.45, 7) is 4.48. The van der Waals surface area contributed by atoms with Gasteiger partial charge in [-0.1, -0.05) is 30.3 Å². The van der Waals surface area contributed by atoms with Crippen molar-refractivity contribution >= 4 is 17.5 Å². The third-order valence-electron chi connectivity index (χ3n) is 4.32.